The van der Waals surface area contributed by atoms with Gasteiger partial charge in [-0.3, -0.25) is 4.79 Å². The summed E-state index contributed by atoms with van der Waals surface area (Å²) in [5.41, 5.74) is 6.56. The fraction of sp³-hybridized carbons (Fsp3) is 0.529. The minimum absolute atomic E-state index is 0.229. The zero-order chi connectivity index (χ0) is 17.7. The number of likely N-dealkylation sites (tertiary alicyclic amines) is 1. The van der Waals surface area contributed by atoms with E-state index in [2.05, 4.69) is 0 Å². The van der Waals surface area contributed by atoms with Crippen molar-refractivity contribution in [2.75, 3.05) is 20.8 Å². The van der Waals surface area contributed by atoms with Crippen LogP contribution < -0.4 is 15.2 Å². The monoisotopic (exact) mass is 336 g/mol. The van der Waals surface area contributed by atoms with Gasteiger partial charge in [-0.05, 0) is 18.6 Å². The van der Waals surface area contributed by atoms with Crippen molar-refractivity contribution in [3.63, 3.8) is 0 Å². The maximum atomic E-state index is 12.2. The Balaban J connectivity index is 2.09. The zero-order valence-corrected chi connectivity index (χ0v) is 14.3. The van der Waals surface area contributed by atoms with Gasteiger partial charge in [-0.2, -0.15) is 0 Å². The van der Waals surface area contributed by atoms with E-state index in [1.54, 1.807) is 32.4 Å². The van der Waals surface area contributed by atoms with Gasteiger partial charge in [0.2, 0.25) is 5.91 Å². The number of methoxy groups -OCH3 is 2. The normalized spacial score (nSPS) is 19.7. The Morgan fingerprint density at radius 2 is 2.04 bits per heavy atom. The Kier molecular flexibility index (Phi) is 6.03. The highest BCUT2D eigenvalue weighted by Crippen LogP contribution is 2.29. The summed E-state index contributed by atoms with van der Waals surface area (Å²) in [4.78, 5) is 25.6. The first-order valence-corrected chi connectivity index (χ1v) is 7.97. The van der Waals surface area contributed by atoms with Crippen molar-refractivity contribution in [1.82, 2.24) is 4.90 Å². The highest BCUT2D eigenvalue weighted by atomic mass is 16.5. The Labute approximate surface area is 141 Å². The fourth-order valence-electron chi connectivity index (χ4n) is 2.59. The minimum atomic E-state index is -0.844. The van der Waals surface area contributed by atoms with Crippen LogP contribution in [0.2, 0.25) is 0 Å². The number of amides is 1. The SMILES string of the molecule is CCCCOC(=O)[C@@H]1[C@H](N)C(=O)N1Cc1ccc(OC)cc1OC. The molecule has 0 bridgehead atoms. The van der Waals surface area contributed by atoms with Crippen molar-refractivity contribution in [3.05, 3.63) is 23.8 Å². The lowest BCUT2D eigenvalue weighted by Gasteiger charge is -2.43. The molecular weight excluding hydrogens is 312 g/mol. The van der Waals surface area contributed by atoms with Gasteiger partial charge in [-0.25, -0.2) is 4.79 Å². The molecule has 0 aliphatic carbocycles. The van der Waals surface area contributed by atoms with Crippen LogP contribution in [-0.2, 0) is 20.9 Å². The molecule has 0 saturated carbocycles. The lowest BCUT2D eigenvalue weighted by atomic mass is 9.94. The molecule has 2 atom stereocenters. The Bertz CT molecular complexity index is 605. The fourth-order valence-corrected chi connectivity index (χ4v) is 2.59. The van der Waals surface area contributed by atoms with E-state index in [0.717, 1.165) is 18.4 Å². The van der Waals surface area contributed by atoms with Crippen molar-refractivity contribution in [3.8, 4) is 11.5 Å². The highest BCUT2D eigenvalue weighted by Gasteiger charge is 2.50. The summed E-state index contributed by atoms with van der Waals surface area (Å²) < 4.78 is 15.7. The number of β-lactam (4-membered cyclic amide) rings is 1. The average Bonchev–Trinajstić information content (AvgIpc) is 2.61. The van der Waals surface area contributed by atoms with E-state index in [1.807, 2.05) is 6.92 Å². The second kappa shape index (κ2) is 8.01. The molecule has 2 rings (SSSR count). The van der Waals surface area contributed by atoms with Crippen LogP contribution in [0.1, 0.15) is 25.3 Å². The molecule has 0 unspecified atom stereocenters. The Morgan fingerprint density at radius 3 is 2.67 bits per heavy atom. The van der Waals surface area contributed by atoms with Gasteiger partial charge in [-0.1, -0.05) is 13.3 Å². The lowest BCUT2D eigenvalue weighted by Crippen LogP contribution is -2.71. The van der Waals surface area contributed by atoms with E-state index >= 15 is 0 Å². The summed E-state index contributed by atoms with van der Waals surface area (Å²) in [5.74, 6) is 0.506. The standard InChI is InChI=1S/C17H24N2O5/c1-4-5-8-24-17(21)15-14(18)16(20)19(15)10-11-6-7-12(22-2)9-13(11)23-3/h6-7,9,14-15H,4-5,8,10,18H2,1-3H3/t14-,15-/m0/s1. The first kappa shape index (κ1) is 18.1. The molecule has 24 heavy (non-hydrogen) atoms. The Hall–Kier alpha value is -2.28. The molecule has 132 valence electrons. The maximum absolute atomic E-state index is 12.2. The molecule has 1 saturated heterocycles. The van der Waals surface area contributed by atoms with Gasteiger partial charge >= 0.3 is 5.97 Å². The predicted octanol–water partition coefficient (Wildman–Crippen LogP) is 1.09. The molecule has 1 aromatic rings. The molecule has 1 aromatic carbocycles. The van der Waals surface area contributed by atoms with Crippen LogP contribution in [0.4, 0.5) is 0 Å². The van der Waals surface area contributed by atoms with Crippen LogP contribution in [0.15, 0.2) is 18.2 Å². The van der Waals surface area contributed by atoms with Crippen LogP contribution >= 0.6 is 0 Å². The second-order valence-corrected chi connectivity index (χ2v) is 5.64. The first-order chi connectivity index (χ1) is 11.5. The molecule has 2 N–H and O–H groups in total. The summed E-state index contributed by atoms with van der Waals surface area (Å²) >= 11 is 0. The summed E-state index contributed by atoms with van der Waals surface area (Å²) in [7, 11) is 3.10. The molecule has 1 aliphatic heterocycles. The number of ether oxygens (including phenoxy) is 3. The molecule has 1 heterocycles. The number of hydrogen-bond acceptors (Lipinski definition) is 6. The van der Waals surface area contributed by atoms with Gasteiger partial charge in [0.25, 0.3) is 0 Å². The molecule has 0 aromatic heterocycles. The summed E-state index contributed by atoms with van der Waals surface area (Å²) in [6, 6.07) is 3.71. The smallest absolute Gasteiger partial charge is 0.331 e. The molecule has 1 amide bonds. The zero-order valence-electron chi connectivity index (χ0n) is 14.3. The van der Waals surface area contributed by atoms with Gasteiger partial charge in [0.15, 0.2) is 6.04 Å². The van der Waals surface area contributed by atoms with Crippen molar-refractivity contribution < 1.29 is 23.8 Å². The summed E-state index contributed by atoms with van der Waals surface area (Å²) in [6.45, 7) is 2.58. The number of hydrogen-bond donors (Lipinski definition) is 1. The van der Waals surface area contributed by atoms with Crippen molar-refractivity contribution in [2.24, 2.45) is 5.73 Å². The van der Waals surface area contributed by atoms with Crippen molar-refractivity contribution >= 4 is 11.9 Å². The van der Waals surface area contributed by atoms with Gasteiger partial charge in [0, 0.05) is 11.6 Å². The number of benzene rings is 1. The predicted molar refractivity (Wildman–Crippen MR) is 87.7 cm³/mol. The number of carbonyl (C=O) groups excluding carboxylic acids is 2. The molecule has 0 radical (unpaired) electrons. The molecule has 1 aliphatic rings. The molecule has 1 fully saturated rings. The van der Waals surface area contributed by atoms with Crippen LogP contribution in [0.25, 0.3) is 0 Å². The summed E-state index contributed by atoms with van der Waals surface area (Å²) in [6.07, 6.45) is 1.71. The van der Waals surface area contributed by atoms with E-state index in [9.17, 15) is 9.59 Å². The third kappa shape index (κ3) is 3.62. The second-order valence-electron chi connectivity index (χ2n) is 5.64. The molecular formula is C17H24N2O5. The number of nitrogens with two attached hydrogens (primary N) is 1. The number of unbranched alkanes of at least 4 members (excludes halogenated alkanes) is 1. The maximum Gasteiger partial charge on any atom is 0.331 e. The topological polar surface area (TPSA) is 91.1 Å². The van der Waals surface area contributed by atoms with Crippen LogP contribution in [0.3, 0.4) is 0 Å². The highest BCUT2D eigenvalue weighted by molar-refractivity contribution is 5.99. The van der Waals surface area contributed by atoms with Gasteiger partial charge in [0.1, 0.15) is 17.5 Å². The van der Waals surface area contributed by atoms with Crippen LogP contribution in [-0.4, -0.2) is 49.7 Å². The van der Waals surface area contributed by atoms with Crippen molar-refractivity contribution in [2.45, 2.75) is 38.4 Å². The van der Waals surface area contributed by atoms with Gasteiger partial charge < -0.3 is 24.8 Å². The van der Waals surface area contributed by atoms with Gasteiger partial charge in [-0.15, -0.1) is 0 Å². The number of esters is 1. The lowest BCUT2D eigenvalue weighted by molar-refractivity contribution is -0.169. The molecule has 0 spiro atoms. The Morgan fingerprint density at radius 1 is 1.29 bits per heavy atom. The number of carbonyl (C=O) groups is 2. The van der Waals surface area contributed by atoms with Gasteiger partial charge in [0.05, 0.1) is 27.4 Å². The number of nitrogens with zero attached hydrogens (tertiary/aromatic N) is 1. The van der Waals surface area contributed by atoms with Crippen molar-refractivity contribution in [1.29, 1.82) is 0 Å². The quantitative estimate of drug-likeness (QED) is 0.434. The summed E-state index contributed by atoms with van der Waals surface area (Å²) in [5, 5.41) is 0. The first-order valence-electron chi connectivity index (χ1n) is 7.97. The minimum Gasteiger partial charge on any atom is -0.497 e. The van der Waals surface area contributed by atoms with E-state index in [1.165, 1.54) is 4.90 Å². The third-order valence-electron chi connectivity index (χ3n) is 4.06. The van der Waals surface area contributed by atoms with Crippen LogP contribution in [0.5, 0.6) is 11.5 Å². The van der Waals surface area contributed by atoms with E-state index < -0.39 is 18.1 Å². The number of rotatable bonds is 8. The van der Waals surface area contributed by atoms with Crippen LogP contribution in [0, 0.1) is 0 Å². The molecule has 7 heteroatoms. The van der Waals surface area contributed by atoms with E-state index in [4.69, 9.17) is 19.9 Å². The van der Waals surface area contributed by atoms with E-state index in [-0.39, 0.29) is 12.5 Å². The molecule has 7 nitrogen and oxygen atoms in total. The average molecular weight is 336 g/mol. The van der Waals surface area contributed by atoms with E-state index in [0.29, 0.717) is 18.1 Å². The largest absolute Gasteiger partial charge is 0.497 e. The third-order valence-corrected chi connectivity index (χ3v) is 4.06.